The second-order valence-corrected chi connectivity index (χ2v) is 5.41. The molecule has 0 aliphatic rings. The summed E-state index contributed by atoms with van der Waals surface area (Å²) in [4.78, 5) is 4.39. The van der Waals surface area contributed by atoms with E-state index >= 15 is 0 Å². The SMILES string of the molecule is Cc1ccc2c(c1)nc(N)n2CCOCCC(C)C. The molecule has 0 saturated carbocycles. The van der Waals surface area contributed by atoms with Gasteiger partial charge in [0.05, 0.1) is 17.6 Å². The number of fused-ring (bicyclic) bond motifs is 1. The molecule has 4 nitrogen and oxygen atoms in total. The first kappa shape index (κ1) is 13.9. The maximum atomic E-state index is 5.96. The molecular weight excluding hydrogens is 238 g/mol. The number of hydrogen-bond donors (Lipinski definition) is 1. The molecule has 4 heteroatoms. The van der Waals surface area contributed by atoms with Crippen molar-refractivity contribution < 1.29 is 4.74 Å². The summed E-state index contributed by atoms with van der Waals surface area (Å²) in [5.41, 5.74) is 9.20. The van der Waals surface area contributed by atoms with Gasteiger partial charge in [-0.3, -0.25) is 0 Å². The van der Waals surface area contributed by atoms with Crippen LogP contribution in [0.1, 0.15) is 25.8 Å². The van der Waals surface area contributed by atoms with Crippen LogP contribution in [0.25, 0.3) is 11.0 Å². The van der Waals surface area contributed by atoms with E-state index < -0.39 is 0 Å². The Labute approximate surface area is 114 Å². The normalized spacial score (nSPS) is 11.6. The van der Waals surface area contributed by atoms with Crippen molar-refractivity contribution in [3.63, 3.8) is 0 Å². The molecule has 1 heterocycles. The minimum Gasteiger partial charge on any atom is -0.380 e. The van der Waals surface area contributed by atoms with Crippen molar-refractivity contribution in [1.82, 2.24) is 9.55 Å². The first-order valence-electron chi connectivity index (χ1n) is 6.88. The number of nitrogens with zero attached hydrogens (tertiary/aromatic N) is 2. The van der Waals surface area contributed by atoms with Gasteiger partial charge in [-0.1, -0.05) is 19.9 Å². The fourth-order valence-electron chi connectivity index (χ4n) is 2.07. The Bertz CT molecular complexity index is 546. The van der Waals surface area contributed by atoms with Crippen LogP contribution < -0.4 is 5.73 Å². The lowest BCUT2D eigenvalue weighted by atomic mass is 10.1. The third-order valence-corrected chi connectivity index (χ3v) is 3.23. The standard InChI is InChI=1S/C15H23N3O/c1-11(2)6-8-19-9-7-18-14-5-4-12(3)10-13(14)17-15(18)16/h4-5,10-11H,6-9H2,1-3H3,(H2,16,17). The van der Waals surface area contributed by atoms with Crippen LogP contribution in [-0.4, -0.2) is 22.8 Å². The zero-order valence-corrected chi connectivity index (χ0v) is 12.0. The maximum absolute atomic E-state index is 5.96. The number of rotatable bonds is 6. The highest BCUT2D eigenvalue weighted by atomic mass is 16.5. The molecule has 0 amide bonds. The lowest BCUT2D eigenvalue weighted by Crippen LogP contribution is -2.10. The number of ether oxygens (including phenoxy) is 1. The van der Waals surface area contributed by atoms with E-state index in [9.17, 15) is 0 Å². The largest absolute Gasteiger partial charge is 0.380 e. The molecule has 1 aromatic heterocycles. The molecule has 0 aliphatic carbocycles. The quantitative estimate of drug-likeness (QED) is 0.813. The van der Waals surface area contributed by atoms with Crippen LogP contribution in [0.4, 0.5) is 5.95 Å². The van der Waals surface area contributed by atoms with Gasteiger partial charge in [-0.05, 0) is 37.0 Å². The molecule has 104 valence electrons. The van der Waals surface area contributed by atoms with Crippen molar-refractivity contribution in [2.24, 2.45) is 5.92 Å². The molecular formula is C15H23N3O. The van der Waals surface area contributed by atoms with E-state index in [2.05, 4.69) is 44.0 Å². The molecule has 19 heavy (non-hydrogen) atoms. The van der Waals surface area contributed by atoms with Crippen molar-refractivity contribution in [2.75, 3.05) is 18.9 Å². The molecule has 0 aliphatic heterocycles. The molecule has 0 bridgehead atoms. The Morgan fingerprint density at radius 1 is 1.32 bits per heavy atom. The molecule has 0 radical (unpaired) electrons. The highest BCUT2D eigenvalue weighted by molar-refractivity contribution is 5.79. The number of aryl methyl sites for hydroxylation is 1. The van der Waals surface area contributed by atoms with Gasteiger partial charge in [-0.15, -0.1) is 0 Å². The van der Waals surface area contributed by atoms with Gasteiger partial charge in [0, 0.05) is 13.2 Å². The predicted octanol–water partition coefficient (Wildman–Crippen LogP) is 2.99. The third-order valence-electron chi connectivity index (χ3n) is 3.23. The molecule has 2 aromatic rings. The van der Waals surface area contributed by atoms with Crippen molar-refractivity contribution in [3.8, 4) is 0 Å². The molecule has 2 N–H and O–H groups in total. The molecule has 0 saturated heterocycles. The third kappa shape index (κ3) is 3.47. The van der Waals surface area contributed by atoms with Gasteiger partial charge in [-0.2, -0.15) is 0 Å². The molecule has 0 atom stereocenters. The minimum absolute atomic E-state index is 0.563. The van der Waals surface area contributed by atoms with Gasteiger partial charge >= 0.3 is 0 Å². The van der Waals surface area contributed by atoms with Crippen LogP contribution >= 0.6 is 0 Å². The zero-order valence-electron chi connectivity index (χ0n) is 12.0. The summed E-state index contributed by atoms with van der Waals surface area (Å²) in [6.45, 7) is 8.70. The zero-order chi connectivity index (χ0) is 13.8. The topological polar surface area (TPSA) is 53.1 Å². The first-order chi connectivity index (χ1) is 9.08. The molecule has 0 fully saturated rings. The number of hydrogen-bond acceptors (Lipinski definition) is 3. The minimum atomic E-state index is 0.563. The number of anilines is 1. The summed E-state index contributed by atoms with van der Waals surface area (Å²) < 4.78 is 7.66. The van der Waals surface area contributed by atoms with Gasteiger partial charge in [-0.25, -0.2) is 4.98 Å². The summed E-state index contributed by atoms with van der Waals surface area (Å²) in [6.07, 6.45) is 1.10. The van der Waals surface area contributed by atoms with Gasteiger partial charge < -0.3 is 15.0 Å². The molecule has 0 spiro atoms. The Morgan fingerprint density at radius 2 is 2.11 bits per heavy atom. The van der Waals surface area contributed by atoms with Crippen LogP contribution in [0.3, 0.4) is 0 Å². The van der Waals surface area contributed by atoms with E-state index in [0.717, 1.165) is 30.6 Å². The van der Waals surface area contributed by atoms with Crippen LogP contribution in [0.2, 0.25) is 0 Å². The first-order valence-corrected chi connectivity index (χ1v) is 6.88. The smallest absolute Gasteiger partial charge is 0.201 e. The van der Waals surface area contributed by atoms with E-state index in [0.29, 0.717) is 18.5 Å². The van der Waals surface area contributed by atoms with Crippen LogP contribution in [0, 0.1) is 12.8 Å². The molecule has 0 unspecified atom stereocenters. The highest BCUT2D eigenvalue weighted by Crippen LogP contribution is 2.18. The lowest BCUT2D eigenvalue weighted by Gasteiger charge is -2.09. The average Bonchev–Trinajstić information content (AvgIpc) is 2.64. The van der Waals surface area contributed by atoms with E-state index in [1.807, 2.05) is 4.57 Å². The van der Waals surface area contributed by atoms with Crippen LogP contribution in [0.5, 0.6) is 0 Å². The van der Waals surface area contributed by atoms with Gasteiger partial charge in [0.2, 0.25) is 5.95 Å². The van der Waals surface area contributed by atoms with Crippen molar-refractivity contribution in [3.05, 3.63) is 23.8 Å². The predicted molar refractivity (Wildman–Crippen MR) is 79.2 cm³/mol. The van der Waals surface area contributed by atoms with Crippen LogP contribution in [0.15, 0.2) is 18.2 Å². The van der Waals surface area contributed by atoms with E-state index in [1.165, 1.54) is 5.56 Å². The highest BCUT2D eigenvalue weighted by Gasteiger charge is 2.07. The van der Waals surface area contributed by atoms with Gasteiger partial charge in [0.1, 0.15) is 0 Å². The van der Waals surface area contributed by atoms with Crippen molar-refractivity contribution in [1.29, 1.82) is 0 Å². The van der Waals surface area contributed by atoms with E-state index in [-0.39, 0.29) is 0 Å². The second-order valence-electron chi connectivity index (χ2n) is 5.41. The summed E-state index contributed by atoms with van der Waals surface area (Å²) in [5.74, 6) is 1.25. The van der Waals surface area contributed by atoms with E-state index in [4.69, 9.17) is 10.5 Å². The number of aromatic nitrogens is 2. The monoisotopic (exact) mass is 261 g/mol. The number of nitrogens with two attached hydrogens (primary N) is 1. The molecule has 2 rings (SSSR count). The summed E-state index contributed by atoms with van der Waals surface area (Å²) in [7, 11) is 0. The van der Waals surface area contributed by atoms with Crippen molar-refractivity contribution in [2.45, 2.75) is 33.7 Å². The van der Waals surface area contributed by atoms with Gasteiger partial charge in [0.15, 0.2) is 0 Å². The average molecular weight is 261 g/mol. The Morgan fingerprint density at radius 3 is 2.84 bits per heavy atom. The fourth-order valence-corrected chi connectivity index (χ4v) is 2.07. The fraction of sp³-hybridized carbons (Fsp3) is 0.533. The second kappa shape index (κ2) is 6.06. The van der Waals surface area contributed by atoms with Crippen molar-refractivity contribution >= 4 is 17.0 Å². The van der Waals surface area contributed by atoms with Crippen LogP contribution in [-0.2, 0) is 11.3 Å². The number of imidazole rings is 1. The Kier molecular flexibility index (Phi) is 4.43. The summed E-state index contributed by atoms with van der Waals surface area (Å²) >= 11 is 0. The Balaban J connectivity index is 1.98. The molecule has 1 aromatic carbocycles. The van der Waals surface area contributed by atoms with E-state index in [1.54, 1.807) is 0 Å². The number of benzene rings is 1. The number of nitrogen functional groups attached to an aromatic ring is 1. The lowest BCUT2D eigenvalue weighted by molar-refractivity contribution is 0.117. The Hall–Kier alpha value is -1.55. The maximum Gasteiger partial charge on any atom is 0.201 e. The summed E-state index contributed by atoms with van der Waals surface area (Å²) in [6, 6.07) is 6.21. The van der Waals surface area contributed by atoms with Gasteiger partial charge in [0.25, 0.3) is 0 Å². The summed E-state index contributed by atoms with van der Waals surface area (Å²) in [5, 5.41) is 0.